The van der Waals surface area contributed by atoms with E-state index in [0.717, 1.165) is 11.3 Å². The standard InChI is InChI=1S/C19H18N2O4/c22-18(20-11-12-24-19(20)23)16-13-25-21(15-9-5-2-6-10-15)17(16)14-7-3-1-4-8-14/h1-10,16-17H,11-13H2/t16-,17+/m1/s1. The third-order valence-electron chi connectivity index (χ3n) is 4.52. The maximum absolute atomic E-state index is 12.9. The number of para-hydroxylation sites is 1. The second-order valence-electron chi connectivity index (χ2n) is 6.02. The van der Waals surface area contributed by atoms with Crippen LogP contribution in [0.5, 0.6) is 0 Å². The van der Waals surface area contributed by atoms with Gasteiger partial charge in [-0.3, -0.25) is 9.63 Å². The first kappa shape index (κ1) is 15.7. The molecular weight excluding hydrogens is 320 g/mol. The molecule has 2 atom stereocenters. The van der Waals surface area contributed by atoms with Gasteiger partial charge in [0.2, 0.25) is 5.91 Å². The number of hydrogen-bond donors (Lipinski definition) is 0. The molecule has 2 saturated heterocycles. The Morgan fingerprint density at radius 1 is 1.00 bits per heavy atom. The van der Waals surface area contributed by atoms with Gasteiger partial charge in [0, 0.05) is 0 Å². The third kappa shape index (κ3) is 2.85. The highest BCUT2D eigenvalue weighted by atomic mass is 16.7. The number of anilines is 1. The third-order valence-corrected chi connectivity index (χ3v) is 4.52. The van der Waals surface area contributed by atoms with Crippen LogP contribution in [-0.4, -0.2) is 36.7 Å². The fraction of sp³-hybridized carbons (Fsp3) is 0.263. The molecule has 2 fully saturated rings. The number of cyclic esters (lactones) is 1. The van der Waals surface area contributed by atoms with Crippen molar-refractivity contribution >= 4 is 17.7 Å². The first-order valence-corrected chi connectivity index (χ1v) is 8.26. The van der Waals surface area contributed by atoms with Crippen LogP contribution in [0.2, 0.25) is 0 Å². The number of rotatable bonds is 3. The fourth-order valence-corrected chi connectivity index (χ4v) is 3.32. The topological polar surface area (TPSA) is 59.1 Å². The SMILES string of the molecule is O=C1OCCN1C(=O)[C@@H]1CON(c2ccccc2)[C@H]1c1ccccc1. The number of amides is 2. The molecule has 2 aromatic rings. The molecule has 0 N–H and O–H groups in total. The van der Waals surface area contributed by atoms with E-state index in [1.807, 2.05) is 60.7 Å². The zero-order chi connectivity index (χ0) is 17.2. The monoisotopic (exact) mass is 338 g/mol. The van der Waals surface area contributed by atoms with Crippen LogP contribution in [-0.2, 0) is 14.4 Å². The Labute approximate surface area is 145 Å². The van der Waals surface area contributed by atoms with Crippen LogP contribution < -0.4 is 5.06 Å². The molecule has 0 aliphatic carbocycles. The summed E-state index contributed by atoms with van der Waals surface area (Å²) in [5.41, 5.74) is 1.84. The number of ether oxygens (including phenoxy) is 1. The summed E-state index contributed by atoms with van der Waals surface area (Å²) in [4.78, 5) is 31.8. The quantitative estimate of drug-likeness (QED) is 0.861. The molecular formula is C19H18N2O4. The summed E-state index contributed by atoms with van der Waals surface area (Å²) in [5, 5.41) is 1.76. The van der Waals surface area contributed by atoms with Crippen molar-refractivity contribution in [2.45, 2.75) is 6.04 Å². The summed E-state index contributed by atoms with van der Waals surface area (Å²) in [5.74, 6) is -0.733. The van der Waals surface area contributed by atoms with Gasteiger partial charge in [0.25, 0.3) is 0 Å². The molecule has 2 aromatic carbocycles. The number of nitrogens with zero attached hydrogens (tertiary/aromatic N) is 2. The van der Waals surface area contributed by atoms with Gasteiger partial charge >= 0.3 is 6.09 Å². The Morgan fingerprint density at radius 2 is 1.68 bits per heavy atom. The Hall–Kier alpha value is -2.86. The smallest absolute Gasteiger partial charge is 0.416 e. The van der Waals surface area contributed by atoms with Gasteiger partial charge in [0.1, 0.15) is 6.61 Å². The van der Waals surface area contributed by atoms with Crippen molar-refractivity contribution in [2.75, 3.05) is 24.8 Å². The lowest BCUT2D eigenvalue weighted by Crippen LogP contribution is -2.40. The van der Waals surface area contributed by atoms with Crippen LogP contribution in [0.15, 0.2) is 60.7 Å². The summed E-state index contributed by atoms with van der Waals surface area (Å²) in [6.07, 6.45) is -0.574. The minimum absolute atomic E-state index is 0.219. The summed E-state index contributed by atoms with van der Waals surface area (Å²) in [6, 6.07) is 19.1. The van der Waals surface area contributed by atoms with Gasteiger partial charge < -0.3 is 4.74 Å². The molecule has 4 rings (SSSR count). The number of imide groups is 1. The van der Waals surface area contributed by atoms with E-state index in [2.05, 4.69) is 0 Å². The molecule has 2 amide bonds. The number of carbonyl (C=O) groups is 2. The molecule has 2 aliphatic rings. The highest BCUT2D eigenvalue weighted by Crippen LogP contribution is 2.39. The summed E-state index contributed by atoms with van der Waals surface area (Å²) in [7, 11) is 0. The Morgan fingerprint density at radius 3 is 2.32 bits per heavy atom. The molecule has 0 aromatic heterocycles. The van der Waals surface area contributed by atoms with E-state index >= 15 is 0 Å². The molecule has 0 radical (unpaired) electrons. The van der Waals surface area contributed by atoms with Crippen molar-refractivity contribution in [3.8, 4) is 0 Å². The Bertz CT molecular complexity index is 766. The predicted octanol–water partition coefficient (Wildman–Crippen LogP) is 2.77. The molecule has 0 spiro atoms. The molecule has 2 heterocycles. The lowest BCUT2D eigenvalue weighted by Gasteiger charge is -2.28. The molecule has 0 bridgehead atoms. The van der Waals surface area contributed by atoms with Gasteiger partial charge in [-0.05, 0) is 17.7 Å². The molecule has 0 saturated carbocycles. The maximum Gasteiger partial charge on any atom is 0.416 e. The highest BCUT2D eigenvalue weighted by Gasteiger charge is 2.45. The van der Waals surface area contributed by atoms with Crippen LogP contribution in [0, 0.1) is 5.92 Å². The number of hydroxylamine groups is 1. The summed E-state index contributed by atoms with van der Waals surface area (Å²) >= 11 is 0. The summed E-state index contributed by atoms with van der Waals surface area (Å²) < 4.78 is 4.91. The van der Waals surface area contributed by atoms with Gasteiger partial charge in [-0.15, -0.1) is 0 Å². The van der Waals surface area contributed by atoms with Gasteiger partial charge in [-0.2, -0.15) is 0 Å². The van der Waals surface area contributed by atoms with Crippen LogP contribution >= 0.6 is 0 Å². The van der Waals surface area contributed by atoms with Crippen LogP contribution in [0.3, 0.4) is 0 Å². The molecule has 128 valence electrons. The Balaban J connectivity index is 1.69. The zero-order valence-electron chi connectivity index (χ0n) is 13.6. The average molecular weight is 338 g/mol. The van der Waals surface area contributed by atoms with Crippen LogP contribution in [0.25, 0.3) is 0 Å². The zero-order valence-corrected chi connectivity index (χ0v) is 13.6. The number of benzene rings is 2. The highest BCUT2D eigenvalue weighted by molar-refractivity contribution is 5.95. The molecule has 0 unspecified atom stereocenters. The van der Waals surface area contributed by atoms with Crippen molar-refractivity contribution in [1.29, 1.82) is 0 Å². The molecule has 6 nitrogen and oxygen atoms in total. The Kier molecular flexibility index (Phi) is 4.11. The van der Waals surface area contributed by atoms with E-state index < -0.39 is 12.0 Å². The molecule has 6 heteroatoms. The lowest BCUT2D eigenvalue weighted by atomic mass is 9.92. The average Bonchev–Trinajstić information content (AvgIpc) is 3.29. The van der Waals surface area contributed by atoms with Gasteiger partial charge in [-0.25, -0.2) is 14.8 Å². The summed E-state index contributed by atoms with van der Waals surface area (Å²) in [6.45, 7) is 0.759. The minimum Gasteiger partial charge on any atom is -0.447 e. The van der Waals surface area contributed by atoms with Crippen LogP contribution in [0.1, 0.15) is 11.6 Å². The maximum atomic E-state index is 12.9. The van der Waals surface area contributed by atoms with Crippen LogP contribution in [0.4, 0.5) is 10.5 Å². The fourth-order valence-electron chi connectivity index (χ4n) is 3.32. The van der Waals surface area contributed by atoms with Gasteiger partial charge in [0.15, 0.2) is 0 Å². The molecule has 2 aliphatic heterocycles. The second kappa shape index (κ2) is 6.57. The first-order chi connectivity index (χ1) is 12.3. The first-order valence-electron chi connectivity index (χ1n) is 8.26. The van der Waals surface area contributed by atoms with E-state index in [9.17, 15) is 9.59 Å². The second-order valence-corrected chi connectivity index (χ2v) is 6.02. The number of hydrogen-bond acceptors (Lipinski definition) is 5. The largest absolute Gasteiger partial charge is 0.447 e. The van der Waals surface area contributed by atoms with E-state index in [1.54, 1.807) is 5.06 Å². The van der Waals surface area contributed by atoms with E-state index in [0.29, 0.717) is 6.54 Å². The van der Waals surface area contributed by atoms with Crippen molar-refractivity contribution in [1.82, 2.24) is 4.90 Å². The predicted molar refractivity (Wildman–Crippen MR) is 90.6 cm³/mol. The van der Waals surface area contributed by atoms with Gasteiger partial charge in [0.05, 0.1) is 30.8 Å². The number of carbonyl (C=O) groups excluding carboxylic acids is 2. The van der Waals surface area contributed by atoms with Crippen molar-refractivity contribution < 1.29 is 19.2 Å². The minimum atomic E-state index is -0.574. The van der Waals surface area contributed by atoms with E-state index in [4.69, 9.17) is 9.57 Å². The lowest BCUT2D eigenvalue weighted by molar-refractivity contribution is -0.132. The normalized spacial score (nSPS) is 23.0. The molecule has 25 heavy (non-hydrogen) atoms. The van der Waals surface area contributed by atoms with Crippen molar-refractivity contribution in [2.24, 2.45) is 5.92 Å². The van der Waals surface area contributed by atoms with E-state index in [1.165, 1.54) is 4.90 Å². The van der Waals surface area contributed by atoms with Gasteiger partial charge in [-0.1, -0.05) is 48.5 Å². The van der Waals surface area contributed by atoms with Crippen molar-refractivity contribution in [3.63, 3.8) is 0 Å². The van der Waals surface area contributed by atoms with E-state index in [-0.39, 0.29) is 25.2 Å². The van der Waals surface area contributed by atoms with Crippen molar-refractivity contribution in [3.05, 3.63) is 66.2 Å².